The molecule has 1 aliphatic carbocycles. The maximum atomic E-state index is 14.9. The summed E-state index contributed by atoms with van der Waals surface area (Å²) in [7, 11) is 0. The van der Waals surface area contributed by atoms with E-state index in [1.807, 2.05) is 23.8 Å². The van der Waals surface area contributed by atoms with Gasteiger partial charge >= 0.3 is 0 Å². The summed E-state index contributed by atoms with van der Waals surface area (Å²) in [4.78, 5) is 46.8. The number of hydrogen-bond acceptors (Lipinski definition) is 8. The molecule has 2 aromatic carbocycles. The summed E-state index contributed by atoms with van der Waals surface area (Å²) < 4.78 is 41.6. The maximum absolute atomic E-state index is 14.9. The molecule has 4 heterocycles. The fraction of sp³-hybridized carbons (Fsp3) is 0.312. The molecule has 2 fully saturated rings. The van der Waals surface area contributed by atoms with E-state index in [1.54, 1.807) is 24.4 Å². The van der Waals surface area contributed by atoms with E-state index in [4.69, 9.17) is 9.47 Å². The Morgan fingerprint density at radius 3 is 2.62 bits per heavy atom. The zero-order valence-electron chi connectivity index (χ0n) is 24.0. The molecule has 0 radical (unpaired) electrons. The number of thiophene rings is 1. The molecule has 4 aromatic rings. The van der Waals surface area contributed by atoms with Crippen molar-refractivity contribution in [3.05, 3.63) is 87.1 Å². The molecule has 9 nitrogen and oxygen atoms in total. The minimum Gasteiger partial charge on any atom is -0.347 e. The Hall–Kier alpha value is -4.04. The molecule has 45 heavy (non-hydrogen) atoms. The normalized spacial score (nSPS) is 19.7. The van der Waals surface area contributed by atoms with Crippen LogP contribution >= 0.6 is 22.7 Å². The van der Waals surface area contributed by atoms with Gasteiger partial charge < -0.3 is 25.0 Å². The second kappa shape index (κ2) is 11.4. The van der Waals surface area contributed by atoms with Crippen molar-refractivity contribution in [2.45, 2.75) is 37.1 Å². The SMILES string of the molecule is CC(NC(=O)[C@@H]1CC2(CN1C(=O)CNC(=O)c1ccc3c(c1)-c1ccccc1C3(F)F)OCCO2)c1cc(-c2nccs2)cs1. The Bertz CT molecular complexity index is 1790. The second-order valence-corrected chi connectivity index (χ2v) is 13.1. The van der Waals surface area contributed by atoms with Crippen molar-refractivity contribution in [3.63, 3.8) is 0 Å². The molecule has 2 aromatic heterocycles. The number of nitrogens with zero attached hydrogens (tertiary/aromatic N) is 2. The number of aromatic nitrogens is 1. The van der Waals surface area contributed by atoms with Gasteiger partial charge in [0.2, 0.25) is 11.8 Å². The molecule has 1 spiro atoms. The lowest BCUT2D eigenvalue weighted by molar-refractivity contribution is -0.152. The molecule has 232 valence electrons. The van der Waals surface area contributed by atoms with Crippen LogP contribution in [0.5, 0.6) is 0 Å². The van der Waals surface area contributed by atoms with Gasteiger partial charge in [0.05, 0.1) is 32.3 Å². The van der Waals surface area contributed by atoms with Crippen LogP contribution in [0.1, 0.15) is 45.7 Å². The molecule has 2 atom stereocenters. The number of likely N-dealkylation sites (tertiary alicyclic amines) is 1. The molecular weight excluding hydrogens is 623 g/mol. The number of amides is 3. The summed E-state index contributed by atoms with van der Waals surface area (Å²) in [6.07, 6.45) is 1.89. The fourth-order valence-corrected chi connectivity index (χ4v) is 7.76. The summed E-state index contributed by atoms with van der Waals surface area (Å²) in [6.45, 7) is 2.20. The average molecular weight is 651 g/mol. The molecule has 2 N–H and O–H groups in total. The lowest BCUT2D eigenvalue weighted by Crippen LogP contribution is -2.49. The van der Waals surface area contributed by atoms with Gasteiger partial charge in [-0.2, -0.15) is 8.78 Å². The van der Waals surface area contributed by atoms with Crippen LogP contribution in [0.4, 0.5) is 8.78 Å². The number of nitrogens with one attached hydrogen (secondary N) is 2. The van der Waals surface area contributed by atoms with Gasteiger partial charge in [0.15, 0.2) is 5.79 Å². The predicted octanol–water partition coefficient (Wildman–Crippen LogP) is 4.94. The first-order valence-electron chi connectivity index (χ1n) is 14.4. The number of halogens is 2. The molecule has 0 bridgehead atoms. The monoisotopic (exact) mass is 650 g/mol. The summed E-state index contributed by atoms with van der Waals surface area (Å²) in [5.74, 6) is -5.70. The largest absolute Gasteiger partial charge is 0.347 e. The molecule has 0 saturated carbocycles. The van der Waals surface area contributed by atoms with E-state index in [-0.39, 0.29) is 47.2 Å². The third-order valence-electron chi connectivity index (χ3n) is 8.39. The standard InChI is InChI=1S/C32H28F2N4O5S2/c1-18(26-13-20(16-45-26)30-35-8-11-44-30)37-29(41)25-14-31(42-9-10-43-31)17-38(25)27(39)15-36-28(40)19-6-7-24-22(12-19)21-4-2-3-5-23(21)32(24,33)34/h2-8,11-13,16,18,25H,9-10,14-15,17H2,1H3,(H,36,40)(H,37,41)/t18?,25-/m0/s1. The Labute approximate surface area is 265 Å². The highest BCUT2D eigenvalue weighted by Gasteiger charge is 2.52. The molecule has 13 heteroatoms. The van der Waals surface area contributed by atoms with Gasteiger partial charge in [-0.15, -0.1) is 22.7 Å². The minimum absolute atomic E-state index is 0.0338. The summed E-state index contributed by atoms with van der Waals surface area (Å²) >= 11 is 3.05. The number of hydrogen-bond donors (Lipinski definition) is 2. The number of ether oxygens (including phenoxy) is 2. The first-order chi connectivity index (χ1) is 21.6. The number of carbonyl (C=O) groups is 3. The Morgan fingerprint density at radius 2 is 1.84 bits per heavy atom. The van der Waals surface area contributed by atoms with Crippen LogP contribution in [0.15, 0.2) is 65.5 Å². The van der Waals surface area contributed by atoms with E-state index < -0.39 is 36.1 Å². The molecule has 3 amide bonds. The maximum Gasteiger partial charge on any atom is 0.299 e. The van der Waals surface area contributed by atoms with Crippen LogP contribution < -0.4 is 10.6 Å². The molecule has 2 aliphatic heterocycles. The van der Waals surface area contributed by atoms with Crippen molar-refractivity contribution in [3.8, 4) is 21.7 Å². The topological polar surface area (TPSA) is 110 Å². The Balaban J connectivity index is 1.04. The van der Waals surface area contributed by atoms with Crippen LogP contribution in [0.2, 0.25) is 0 Å². The van der Waals surface area contributed by atoms with E-state index in [2.05, 4.69) is 15.6 Å². The van der Waals surface area contributed by atoms with Gasteiger partial charge in [-0.1, -0.05) is 30.3 Å². The quantitative estimate of drug-likeness (QED) is 0.293. The van der Waals surface area contributed by atoms with Crippen molar-refractivity contribution < 1.29 is 32.6 Å². The lowest BCUT2D eigenvalue weighted by atomic mass is 10.0. The first-order valence-corrected chi connectivity index (χ1v) is 16.2. The van der Waals surface area contributed by atoms with E-state index in [0.29, 0.717) is 18.8 Å². The predicted molar refractivity (Wildman–Crippen MR) is 164 cm³/mol. The van der Waals surface area contributed by atoms with Crippen molar-refractivity contribution in [2.75, 3.05) is 26.3 Å². The van der Waals surface area contributed by atoms with Gasteiger partial charge in [-0.25, -0.2) is 4.98 Å². The van der Waals surface area contributed by atoms with E-state index >= 15 is 0 Å². The number of alkyl halides is 2. The van der Waals surface area contributed by atoms with Gasteiger partial charge in [-0.3, -0.25) is 14.4 Å². The highest BCUT2D eigenvalue weighted by Crippen LogP contribution is 2.51. The summed E-state index contributed by atoms with van der Waals surface area (Å²) in [5.41, 5.74) is 1.50. The van der Waals surface area contributed by atoms with Crippen LogP contribution in [0, 0.1) is 0 Å². The number of carbonyl (C=O) groups excluding carboxylic acids is 3. The minimum atomic E-state index is -3.16. The molecule has 3 aliphatic rings. The Morgan fingerprint density at radius 1 is 1.07 bits per heavy atom. The van der Waals surface area contributed by atoms with E-state index in [0.717, 1.165) is 15.4 Å². The van der Waals surface area contributed by atoms with Gasteiger partial charge in [0, 0.05) is 50.5 Å². The fourth-order valence-electron chi connectivity index (χ4n) is 6.16. The first kappa shape index (κ1) is 29.7. The van der Waals surface area contributed by atoms with Crippen LogP contribution in [-0.2, 0) is 25.0 Å². The lowest BCUT2D eigenvalue weighted by Gasteiger charge is -2.25. The highest BCUT2D eigenvalue weighted by atomic mass is 32.1. The highest BCUT2D eigenvalue weighted by molar-refractivity contribution is 7.14. The van der Waals surface area contributed by atoms with Crippen molar-refractivity contribution in [1.29, 1.82) is 0 Å². The average Bonchev–Trinajstić information content (AvgIpc) is 3.88. The number of thiazole rings is 1. The van der Waals surface area contributed by atoms with E-state index in [9.17, 15) is 23.2 Å². The third kappa shape index (κ3) is 5.33. The van der Waals surface area contributed by atoms with Gasteiger partial charge in [0.25, 0.3) is 11.8 Å². The second-order valence-electron chi connectivity index (χ2n) is 11.2. The van der Waals surface area contributed by atoms with Crippen molar-refractivity contribution in [2.24, 2.45) is 0 Å². The summed E-state index contributed by atoms with van der Waals surface area (Å²) in [6, 6.07) is 11.0. The van der Waals surface area contributed by atoms with Crippen LogP contribution in [0.3, 0.4) is 0 Å². The molecule has 2 saturated heterocycles. The van der Waals surface area contributed by atoms with Crippen LogP contribution in [0.25, 0.3) is 21.7 Å². The number of rotatable bonds is 7. The third-order valence-corrected chi connectivity index (χ3v) is 10.3. The number of fused-ring (bicyclic) bond motifs is 3. The van der Waals surface area contributed by atoms with Crippen molar-refractivity contribution >= 4 is 40.4 Å². The molecule has 7 rings (SSSR count). The smallest absolute Gasteiger partial charge is 0.299 e. The zero-order valence-corrected chi connectivity index (χ0v) is 25.7. The van der Waals surface area contributed by atoms with Gasteiger partial charge in [-0.05, 0) is 36.2 Å². The van der Waals surface area contributed by atoms with Crippen molar-refractivity contribution in [1.82, 2.24) is 20.5 Å². The molecular formula is C32H28F2N4O5S2. The zero-order chi connectivity index (χ0) is 31.3. The summed E-state index contributed by atoms with van der Waals surface area (Å²) in [5, 5.41) is 10.4. The van der Waals surface area contributed by atoms with Crippen LogP contribution in [-0.4, -0.2) is 65.7 Å². The Kier molecular flexibility index (Phi) is 7.51. The molecule has 1 unspecified atom stereocenters. The van der Waals surface area contributed by atoms with Gasteiger partial charge in [0.1, 0.15) is 11.0 Å². The number of benzene rings is 2. The van der Waals surface area contributed by atoms with E-state index in [1.165, 1.54) is 51.8 Å².